The normalized spacial score (nSPS) is 11.9. The molecule has 31 heavy (non-hydrogen) atoms. The number of benzene rings is 2. The average Bonchev–Trinajstić information content (AvgIpc) is 2.75. The molecule has 166 valence electrons. The molecule has 5 nitrogen and oxygen atoms in total. The number of anilines is 2. The fraction of sp³-hybridized carbons (Fsp3) is 0.417. The van der Waals surface area contributed by atoms with Crippen LogP contribution < -0.4 is 10.1 Å². The number of alkyl halides is 1. The Morgan fingerprint density at radius 3 is 2.48 bits per heavy atom. The lowest BCUT2D eigenvalue weighted by Gasteiger charge is -2.38. The lowest BCUT2D eigenvalue weighted by atomic mass is 9.90. The highest BCUT2D eigenvalue weighted by Gasteiger charge is 2.30. The Bertz CT molecular complexity index is 1050. The Morgan fingerprint density at radius 2 is 1.84 bits per heavy atom. The Kier molecular flexibility index (Phi) is 7.69. The van der Waals surface area contributed by atoms with E-state index in [0.29, 0.717) is 22.4 Å². The van der Waals surface area contributed by atoms with Crippen molar-refractivity contribution in [3.05, 3.63) is 53.6 Å². The predicted octanol–water partition coefficient (Wildman–Crippen LogP) is 6.42. The monoisotopic (exact) mass is 536 g/mol. The van der Waals surface area contributed by atoms with Gasteiger partial charge in [-0.15, -0.1) is 0 Å². The predicted molar refractivity (Wildman–Crippen MR) is 134 cm³/mol. The molecule has 0 aliphatic rings. The lowest BCUT2D eigenvalue weighted by molar-refractivity contribution is 0.130. The molecule has 3 rings (SSSR count). The first kappa shape index (κ1) is 23.7. The molecule has 1 N–H and O–H groups in total. The third-order valence-corrected chi connectivity index (χ3v) is 6.52. The number of halogens is 2. The standard InChI is InChI=1S/C24H30FIN4O/c1-6-30(7-2)24(4,5)19-12-18-21(13-22(19)31-8-3)27-15-28-23(18)29-17-9-10-20(25)16(11-17)14-26/h9-13,15H,6-8,14H2,1-5H3,(H,27,28,29). The molecule has 0 bridgehead atoms. The molecule has 0 saturated heterocycles. The van der Waals surface area contributed by atoms with Gasteiger partial charge in [0.15, 0.2) is 0 Å². The van der Waals surface area contributed by atoms with Crippen molar-refractivity contribution in [3.8, 4) is 5.75 Å². The molecule has 0 aliphatic carbocycles. The number of hydrogen-bond donors (Lipinski definition) is 1. The fourth-order valence-electron chi connectivity index (χ4n) is 4.01. The van der Waals surface area contributed by atoms with Crippen molar-refractivity contribution in [2.45, 2.75) is 44.6 Å². The van der Waals surface area contributed by atoms with Crippen LogP contribution in [-0.4, -0.2) is 34.6 Å². The molecule has 0 unspecified atom stereocenters. The number of rotatable bonds is 9. The molecule has 0 amide bonds. The van der Waals surface area contributed by atoms with E-state index in [-0.39, 0.29) is 11.4 Å². The van der Waals surface area contributed by atoms with E-state index < -0.39 is 0 Å². The minimum Gasteiger partial charge on any atom is -0.493 e. The molecule has 0 aliphatic heterocycles. The van der Waals surface area contributed by atoms with Gasteiger partial charge < -0.3 is 10.1 Å². The smallest absolute Gasteiger partial charge is 0.141 e. The van der Waals surface area contributed by atoms with Crippen molar-refractivity contribution in [1.82, 2.24) is 14.9 Å². The topological polar surface area (TPSA) is 50.3 Å². The summed E-state index contributed by atoms with van der Waals surface area (Å²) in [7, 11) is 0. The lowest BCUT2D eigenvalue weighted by Crippen LogP contribution is -2.41. The van der Waals surface area contributed by atoms with Gasteiger partial charge in [-0.2, -0.15) is 0 Å². The molecule has 0 radical (unpaired) electrons. The van der Waals surface area contributed by atoms with E-state index in [9.17, 15) is 4.39 Å². The quantitative estimate of drug-likeness (QED) is 0.253. The molecule has 0 fully saturated rings. The van der Waals surface area contributed by atoms with Crippen LogP contribution in [0.15, 0.2) is 36.7 Å². The second-order valence-corrected chi connectivity index (χ2v) is 8.58. The Hall–Kier alpha value is -2.00. The molecule has 0 atom stereocenters. The molecule has 3 aromatic rings. The summed E-state index contributed by atoms with van der Waals surface area (Å²) in [6, 6.07) is 9.16. The van der Waals surface area contributed by atoms with Crippen LogP contribution in [0.3, 0.4) is 0 Å². The number of hydrogen-bond acceptors (Lipinski definition) is 5. The summed E-state index contributed by atoms with van der Waals surface area (Å²) >= 11 is 2.17. The van der Waals surface area contributed by atoms with Gasteiger partial charge in [0.2, 0.25) is 0 Å². The van der Waals surface area contributed by atoms with E-state index >= 15 is 0 Å². The van der Waals surface area contributed by atoms with Gasteiger partial charge in [-0.05, 0) is 63.7 Å². The summed E-state index contributed by atoms with van der Waals surface area (Å²) in [6.45, 7) is 13.2. The number of nitrogens with zero attached hydrogens (tertiary/aromatic N) is 3. The van der Waals surface area contributed by atoms with E-state index in [0.717, 1.165) is 41.0 Å². The van der Waals surface area contributed by atoms with Gasteiger partial charge in [-0.3, -0.25) is 4.90 Å². The maximum absolute atomic E-state index is 13.9. The number of fused-ring (bicyclic) bond motifs is 1. The summed E-state index contributed by atoms with van der Waals surface area (Å²) in [4.78, 5) is 11.4. The third-order valence-electron chi connectivity index (χ3n) is 5.70. The van der Waals surface area contributed by atoms with Crippen molar-refractivity contribution in [1.29, 1.82) is 0 Å². The zero-order valence-electron chi connectivity index (χ0n) is 18.8. The zero-order valence-corrected chi connectivity index (χ0v) is 21.0. The SMILES string of the molecule is CCOc1cc2ncnc(Nc3ccc(F)c(CI)c3)c2cc1C(C)(C)N(CC)CC. The number of nitrogens with one attached hydrogen (secondary N) is 1. The van der Waals surface area contributed by atoms with Crippen molar-refractivity contribution in [3.63, 3.8) is 0 Å². The van der Waals surface area contributed by atoms with Gasteiger partial charge in [0, 0.05) is 32.7 Å². The van der Waals surface area contributed by atoms with Crippen LogP contribution >= 0.6 is 22.6 Å². The second kappa shape index (κ2) is 10.1. The van der Waals surface area contributed by atoms with Crippen LogP contribution in [-0.2, 0) is 9.97 Å². The van der Waals surface area contributed by atoms with Crippen molar-refractivity contribution in [2.75, 3.05) is 25.0 Å². The second-order valence-electron chi connectivity index (χ2n) is 7.82. The molecule has 0 spiro atoms. The Labute approximate surface area is 197 Å². The first-order valence-corrected chi connectivity index (χ1v) is 12.2. The maximum atomic E-state index is 13.9. The molecule has 1 heterocycles. The van der Waals surface area contributed by atoms with E-state index in [1.807, 2.05) is 19.1 Å². The highest BCUT2D eigenvalue weighted by Crippen LogP contribution is 2.39. The Balaban J connectivity index is 2.14. The van der Waals surface area contributed by atoms with Gasteiger partial charge in [-0.25, -0.2) is 14.4 Å². The minimum atomic E-state index is -0.237. The zero-order chi connectivity index (χ0) is 22.6. The molecule has 2 aromatic carbocycles. The van der Waals surface area contributed by atoms with E-state index in [4.69, 9.17) is 4.74 Å². The van der Waals surface area contributed by atoms with Crippen LogP contribution in [0.1, 0.15) is 45.7 Å². The van der Waals surface area contributed by atoms with Gasteiger partial charge in [0.25, 0.3) is 0 Å². The maximum Gasteiger partial charge on any atom is 0.141 e. The summed E-state index contributed by atoms with van der Waals surface area (Å²) in [5.74, 6) is 1.33. The summed E-state index contributed by atoms with van der Waals surface area (Å²) in [6.07, 6.45) is 1.54. The van der Waals surface area contributed by atoms with Crippen molar-refractivity contribution < 1.29 is 9.13 Å². The molecule has 0 saturated carbocycles. The third kappa shape index (κ3) is 4.92. The van der Waals surface area contributed by atoms with Crippen LogP contribution in [0.25, 0.3) is 10.9 Å². The van der Waals surface area contributed by atoms with E-state index in [1.165, 1.54) is 6.07 Å². The van der Waals surface area contributed by atoms with Gasteiger partial charge in [-0.1, -0.05) is 36.4 Å². The molecular weight excluding hydrogens is 506 g/mol. The fourth-order valence-corrected chi connectivity index (χ4v) is 4.60. The highest BCUT2D eigenvalue weighted by atomic mass is 127. The number of aromatic nitrogens is 2. The molecular formula is C24H30FIN4O. The summed E-state index contributed by atoms with van der Waals surface area (Å²) in [5.41, 5.74) is 3.11. The van der Waals surface area contributed by atoms with Crippen LogP contribution in [0.5, 0.6) is 5.75 Å². The minimum absolute atomic E-state index is 0.197. The van der Waals surface area contributed by atoms with E-state index in [2.05, 4.69) is 76.5 Å². The summed E-state index contributed by atoms with van der Waals surface area (Å²) < 4.78 is 20.6. The molecule has 7 heteroatoms. The van der Waals surface area contributed by atoms with Gasteiger partial charge in [0.1, 0.15) is 23.7 Å². The van der Waals surface area contributed by atoms with E-state index in [1.54, 1.807) is 12.4 Å². The van der Waals surface area contributed by atoms with Gasteiger partial charge >= 0.3 is 0 Å². The molecule has 1 aromatic heterocycles. The van der Waals surface area contributed by atoms with Crippen LogP contribution in [0.2, 0.25) is 0 Å². The van der Waals surface area contributed by atoms with Crippen molar-refractivity contribution >= 4 is 45.0 Å². The highest BCUT2D eigenvalue weighted by molar-refractivity contribution is 14.1. The summed E-state index contributed by atoms with van der Waals surface area (Å²) in [5, 5.41) is 4.26. The first-order chi connectivity index (χ1) is 14.8. The number of ether oxygens (including phenoxy) is 1. The van der Waals surface area contributed by atoms with Crippen LogP contribution in [0.4, 0.5) is 15.9 Å². The first-order valence-electron chi connectivity index (χ1n) is 10.6. The average molecular weight is 536 g/mol. The van der Waals surface area contributed by atoms with Gasteiger partial charge in [0.05, 0.1) is 12.1 Å². The Morgan fingerprint density at radius 1 is 1.10 bits per heavy atom. The van der Waals surface area contributed by atoms with Crippen molar-refractivity contribution in [2.24, 2.45) is 0 Å². The largest absolute Gasteiger partial charge is 0.493 e. The van der Waals surface area contributed by atoms with Crippen LogP contribution in [0, 0.1) is 5.82 Å².